The largest absolute Gasteiger partial charge is 0.462 e. The Hall–Kier alpha value is -1.69. The standard InChI is InChI=1S/C20H28O5/c1-12-7-8-14-15(6-5-9-20(3,4)24)19(23)25-11-16(14)13(2)10-17(21)18(12)22/h5-6,9,14,16-18,21-22,24H,1-2,7-8,10-11H2,3-4H3/b9-5+,15-6-/t14-,16+,17-,18-/m1/s1. The lowest BCUT2D eigenvalue weighted by atomic mass is 9.76. The van der Waals surface area contributed by atoms with Gasteiger partial charge >= 0.3 is 5.97 Å². The van der Waals surface area contributed by atoms with Crippen LogP contribution in [0.5, 0.6) is 0 Å². The molecule has 1 aliphatic carbocycles. The van der Waals surface area contributed by atoms with E-state index in [0.29, 0.717) is 24.0 Å². The van der Waals surface area contributed by atoms with Crippen molar-refractivity contribution in [1.82, 2.24) is 0 Å². The normalized spacial score (nSPS) is 33.6. The molecule has 0 unspecified atom stereocenters. The van der Waals surface area contributed by atoms with Crippen molar-refractivity contribution < 1.29 is 24.9 Å². The molecule has 0 radical (unpaired) electrons. The predicted molar refractivity (Wildman–Crippen MR) is 95.6 cm³/mol. The molecule has 0 aromatic rings. The van der Waals surface area contributed by atoms with Crippen LogP contribution in [0.2, 0.25) is 0 Å². The summed E-state index contributed by atoms with van der Waals surface area (Å²) in [5, 5.41) is 30.1. The fraction of sp³-hybridized carbons (Fsp3) is 0.550. The first-order valence-corrected chi connectivity index (χ1v) is 8.60. The van der Waals surface area contributed by atoms with E-state index in [-0.39, 0.29) is 30.8 Å². The van der Waals surface area contributed by atoms with Crippen LogP contribution >= 0.6 is 0 Å². The SMILES string of the molecule is C=C1CC[C@@H]2/C(=C/C=C/C(C)(C)O)C(=O)OC[C@H]2C(=C)C[C@@H](O)[C@@H]1O. The molecule has 138 valence electrons. The van der Waals surface area contributed by atoms with Crippen LogP contribution in [0.3, 0.4) is 0 Å². The summed E-state index contributed by atoms with van der Waals surface area (Å²) in [5.74, 6) is -0.595. The van der Waals surface area contributed by atoms with Gasteiger partial charge in [-0.2, -0.15) is 0 Å². The van der Waals surface area contributed by atoms with Gasteiger partial charge in [0.15, 0.2) is 0 Å². The third kappa shape index (κ3) is 4.91. The average molecular weight is 348 g/mol. The van der Waals surface area contributed by atoms with Gasteiger partial charge in [-0.1, -0.05) is 37.0 Å². The summed E-state index contributed by atoms with van der Waals surface area (Å²) in [6.07, 6.45) is 4.37. The number of hydrogen-bond acceptors (Lipinski definition) is 5. The lowest BCUT2D eigenvalue weighted by Gasteiger charge is -2.34. The van der Waals surface area contributed by atoms with Crippen LogP contribution in [-0.2, 0) is 9.53 Å². The number of esters is 1. The molecule has 1 aliphatic heterocycles. The number of rotatable bonds is 2. The van der Waals surface area contributed by atoms with Crippen LogP contribution in [0.1, 0.15) is 33.1 Å². The Morgan fingerprint density at radius 3 is 2.52 bits per heavy atom. The minimum absolute atomic E-state index is 0.104. The third-order valence-electron chi connectivity index (χ3n) is 4.85. The van der Waals surface area contributed by atoms with Crippen molar-refractivity contribution in [3.63, 3.8) is 0 Å². The van der Waals surface area contributed by atoms with Crippen LogP contribution < -0.4 is 0 Å². The fourth-order valence-electron chi connectivity index (χ4n) is 3.36. The Labute approximate surface area is 149 Å². The van der Waals surface area contributed by atoms with E-state index >= 15 is 0 Å². The van der Waals surface area contributed by atoms with Crippen LogP contribution in [0.15, 0.2) is 48.1 Å². The fourth-order valence-corrected chi connectivity index (χ4v) is 3.36. The zero-order valence-corrected chi connectivity index (χ0v) is 14.9. The Morgan fingerprint density at radius 2 is 1.88 bits per heavy atom. The Bertz CT molecular complexity index is 608. The highest BCUT2D eigenvalue weighted by Crippen LogP contribution is 2.39. The quantitative estimate of drug-likeness (QED) is 0.404. The number of carbonyl (C=O) groups is 1. The van der Waals surface area contributed by atoms with Crippen molar-refractivity contribution in [2.75, 3.05) is 6.61 Å². The Balaban J connectivity index is 2.33. The van der Waals surface area contributed by atoms with Crippen LogP contribution in [0.4, 0.5) is 0 Å². The summed E-state index contributed by atoms with van der Waals surface area (Å²) in [5.41, 5.74) is 0.874. The molecule has 0 bridgehead atoms. The molecule has 5 heteroatoms. The van der Waals surface area contributed by atoms with Gasteiger partial charge in [0.25, 0.3) is 0 Å². The van der Waals surface area contributed by atoms with E-state index in [9.17, 15) is 20.1 Å². The second kappa shape index (κ2) is 7.68. The van der Waals surface area contributed by atoms with Gasteiger partial charge in [-0.05, 0) is 38.7 Å². The molecule has 4 atom stereocenters. The van der Waals surface area contributed by atoms with Gasteiger partial charge in [-0.25, -0.2) is 4.79 Å². The average Bonchev–Trinajstić information content (AvgIpc) is 2.54. The first kappa shape index (κ1) is 19.6. The Kier molecular flexibility index (Phi) is 6.03. The summed E-state index contributed by atoms with van der Waals surface area (Å²) in [6.45, 7) is 11.5. The molecule has 0 spiro atoms. The summed E-state index contributed by atoms with van der Waals surface area (Å²) in [4.78, 5) is 12.3. The molecule has 1 saturated carbocycles. The lowest BCUT2D eigenvalue weighted by Crippen LogP contribution is -2.35. The number of allylic oxidation sites excluding steroid dienone is 2. The molecule has 0 amide bonds. The third-order valence-corrected chi connectivity index (χ3v) is 4.85. The van der Waals surface area contributed by atoms with Gasteiger partial charge in [-0.15, -0.1) is 0 Å². The van der Waals surface area contributed by atoms with Gasteiger partial charge in [0.05, 0.1) is 18.3 Å². The summed E-state index contributed by atoms with van der Waals surface area (Å²) < 4.78 is 5.31. The van der Waals surface area contributed by atoms with Crippen LogP contribution in [0, 0.1) is 11.8 Å². The molecule has 2 fully saturated rings. The lowest BCUT2D eigenvalue weighted by molar-refractivity contribution is -0.144. The van der Waals surface area contributed by atoms with E-state index in [2.05, 4.69) is 13.2 Å². The van der Waals surface area contributed by atoms with Gasteiger partial charge in [0, 0.05) is 17.4 Å². The van der Waals surface area contributed by atoms with E-state index in [1.165, 1.54) is 0 Å². The van der Waals surface area contributed by atoms with Crippen LogP contribution in [0.25, 0.3) is 0 Å². The maximum Gasteiger partial charge on any atom is 0.334 e. The van der Waals surface area contributed by atoms with Crippen molar-refractivity contribution in [3.05, 3.63) is 48.1 Å². The number of ether oxygens (including phenoxy) is 1. The zero-order valence-electron chi connectivity index (χ0n) is 14.9. The molecule has 25 heavy (non-hydrogen) atoms. The first-order chi connectivity index (χ1) is 11.6. The second-order valence-electron chi connectivity index (χ2n) is 7.52. The Morgan fingerprint density at radius 1 is 1.20 bits per heavy atom. The van der Waals surface area contributed by atoms with E-state index < -0.39 is 17.8 Å². The van der Waals surface area contributed by atoms with Gasteiger partial charge in [0.1, 0.15) is 6.10 Å². The second-order valence-corrected chi connectivity index (χ2v) is 7.52. The number of fused-ring (bicyclic) bond motifs is 1. The van der Waals surface area contributed by atoms with Crippen molar-refractivity contribution in [2.24, 2.45) is 11.8 Å². The van der Waals surface area contributed by atoms with Crippen molar-refractivity contribution in [2.45, 2.75) is 50.9 Å². The van der Waals surface area contributed by atoms with Gasteiger partial charge in [0.2, 0.25) is 0 Å². The number of hydrogen-bond donors (Lipinski definition) is 3. The maximum absolute atomic E-state index is 12.3. The van der Waals surface area contributed by atoms with E-state index in [1.54, 1.807) is 32.1 Å². The number of cyclic esters (lactones) is 1. The summed E-state index contributed by atoms with van der Waals surface area (Å²) in [6, 6.07) is 0. The number of carbonyl (C=O) groups excluding carboxylic acids is 1. The van der Waals surface area contributed by atoms with E-state index in [4.69, 9.17) is 4.74 Å². The topological polar surface area (TPSA) is 87.0 Å². The summed E-state index contributed by atoms with van der Waals surface area (Å²) >= 11 is 0. The summed E-state index contributed by atoms with van der Waals surface area (Å²) in [7, 11) is 0. The minimum atomic E-state index is -0.990. The minimum Gasteiger partial charge on any atom is -0.462 e. The monoisotopic (exact) mass is 348 g/mol. The molecule has 2 aliphatic rings. The predicted octanol–water partition coefficient (Wildman–Crippen LogP) is 2.05. The molecule has 1 heterocycles. The van der Waals surface area contributed by atoms with Crippen molar-refractivity contribution in [3.8, 4) is 0 Å². The zero-order chi connectivity index (χ0) is 18.8. The molecule has 3 N–H and O–H groups in total. The molecular weight excluding hydrogens is 320 g/mol. The highest BCUT2D eigenvalue weighted by molar-refractivity contribution is 5.90. The highest BCUT2D eigenvalue weighted by atomic mass is 16.5. The molecule has 0 aromatic heterocycles. The van der Waals surface area contributed by atoms with Crippen LogP contribution in [-0.4, -0.2) is 45.7 Å². The van der Waals surface area contributed by atoms with E-state index in [1.807, 2.05) is 0 Å². The molecule has 2 rings (SSSR count). The number of aliphatic hydroxyl groups excluding tert-OH is 2. The van der Waals surface area contributed by atoms with Gasteiger partial charge in [-0.3, -0.25) is 0 Å². The number of aliphatic hydroxyl groups is 3. The molecule has 1 saturated heterocycles. The van der Waals surface area contributed by atoms with Gasteiger partial charge < -0.3 is 20.1 Å². The smallest absolute Gasteiger partial charge is 0.334 e. The molecular formula is C20H28O5. The van der Waals surface area contributed by atoms with E-state index in [0.717, 1.165) is 5.57 Å². The molecule has 0 aromatic carbocycles. The molecule has 5 nitrogen and oxygen atoms in total. The first-order valence-electron chi connectivity index (χ1n) is 8.60. The van der Waals surface area contributed by atoms with Crippen molar-refractivity contribution >= 4 is 5.97 Å². The highest BCUT2D eigenvalue weighted by Gasteiger charge is 2.38. The van der Waals surface area contributed by atoms with Crippen molar-refractivity contribution in [1.29, 1.82) is 0 Å². The maximum atomic E-state index is 12.3.